The fourth-order valence-corrected chi connectivity index (χ4v) is 3.08. The van der Waals surface area contributed by atoms with E-state index in [1.807, 2.05) is 0 Å². The number of likely N-dealkylation sites (tertiary alicyclic amines) is 1. The molecule has 1 aliphatic rings. The van der Waals surface area contributed by atoms with Crippen LogP contribution in [-0.2, 0) is 9.59 Å². The fraction of sp³-hybridized carbons (Fsp3) is 0.357. The van der Waals surface area contributed by atoms with Crippen molar-refractivity contribution in [3.05, 3.63) is 28.2 Å². The predicted molar refractivity (Wildman–Crippen MR) is 91.2 cm³/mol. The molecule has 2 rings (SSSR count). The summed E-state index contributed by atoms with van der Waals surface area (Å²) in [5.74, 6) is -0.844. The molecule has 0 aliphatic carbocycles. The van der Waals surface area contributed by atoms with Crippen molar-refractivity contribution in [2.24, 2.45) is 11.7 Å². The van der Waals surface area contributed by atoms with Crippen LogP contribution in [0.4, 0.5) is 5.69 Å². The zero-order valence-electron chi connectivity index (χ0n) is 11.6. The number of anilines is 1. The van der Waals surface area contributed by atoms with Crippen molar-refractivity contribution in [1.82, 2.24) is 4.90 Å². The molecule has 1 fully saturated rings. The first-order chi connectivity index (χ1) is 10.4. The van der Waals surface area contributed by atoms with Crippen LogP contribution in [0.25, 0.3) is 0 Å². The van der Waals surface area contributed by atoms with E-state index in [0.29, 0.717) is 41.7 Å². The molecule has 0 spiro atoms. The number of piperidine rings is 1. The van der Waals surface area contributed by atoms with E-state index in [2.05, 4.69) is 5.32 Å². The average molecular weight is 360 g/mol. The van der Waals surface area contributed by atoms with Crippen LogP contribution < -0.4 is 11.1 Å². The lowest BCUT2D eigenvalue weighted by atomic mass is 9.96. The van der Waals surface area contributed by atoms with Gasteiger partial charge >= 0.3 is 0 Å². The Morgan fingerprint density at radius 1 is 1.18 bits per heavy atom. The van der Waals surface area contributed by atoms with Crippen molar-refractivity contribution in [3.8, 4) is 0 Å². The highest BCUT2D eigenvalue weighted by Crippen LogP contribution is 2.23. The Hall–Kier alpha value is -1.37. The van der Waals surface area contributed by atoms with Crippen molar-refractivity contribution in [3.63, 3.8) is 0 Å². The molecule has 118 valence electrons. The minimum atomic E-state index is -0.397. The van der Waals surface area contributed by atoms with Gasteiger partial charge in [0.2, 0.25) is 5.91 Å². The first kappa shape index (κ1) is 17.0. The van der Waals surface area contributed by atoms with Gasteiger partial charge in [-0.1, -0.05) is 35.4 Å². The third-order valence-electron chi connectivity index (χ3n) is 3.50. The van der Waals surface area contributed by atoms with Crippen molar-refractivity contribution in [2.45, 2.75) is 12.8 Å². The summed E-state index contributed by atoms with van der Waals surface area (Å²) in [5.41, 5.74) is 5.77. The van der Waals surface area contributed by atoms with Crippen LogP contribution in [0, 0.1) is 5.92 Å². The van der Waals surface area contributed by atoms with Crippen LogP contribution in [0.2, 0.25) is 10.0 Å². The first-order valence-corrected chi connectivity index (χ1v) is 7.89. The van der Waals surface area contributed by atoms with E-state index < -0.39 is 5.91 Å². The van der Waals surface area contributed by atoms with E-state index >= 15 is 0 Å². The Kier molecular flexibility index (Phi) is 5.61. The number of nitrogens with zero attached hydrogens (tertiary/aromatic N) is 1. The van der Waals surface area contributed by atoms with Crippen LogP contribution >= 0.6 is 35.4 Å². The van der Waals surface area contributed by atoms with E-state index in [1.165, 1.54) is 0 Å². The SMILES string of the molecule is NC(=O)C1CCN(C(=S)C(=O)Nc2cc(Cl)cc(Cl)c2)CC1. The van der Waals surface area contributed by atoms with Crippen LogP contribution in [-0.4, -0.2) is 34.8 Å². The maximum atomic E-state index is 12.2. The highest BCUT2D eigenvalue weighted by Gasteiger charge is 2.26. The zero-order chi connectivity index (χ0) is 16.3. The Morgan fingerprint density at radius 3 is 2.23 bits per heavy atom. The summed E-state index contributed by atoms with van der Waals surface area (Å²) in [7, 11) is 0. The lowest BCUT2D eigenvalue weighted by molar-refractivity contribution is -0.122. The molecule has 22 heavy (non-hydrogen) atoms. The first-order valence-electron chi connectivity index (χ1n) is 6.72. The molecule has 8 heteroatoms. The average Bonchev–Trinajstić information content (AvgIpc) is 2.45. The number of hydrogen-bond acceptors (Lipinski definition) is 3. The van der Waals surface area contributed by atoms with Gasteiger partial charge < -0.3 is 16.0 Å². The minimum Gasteiger partial charge on any atom is -0.369 e. The molecule has 0 radical (unpaired) electrons. The fourth-order valence-electron chi connectivity index (χ4n) is 2.32. The molecule has 1 aliphatic heterocycles. The molecule has 0 aromatic heterocycles. The van der Waals surface area contributed by atoms with E-state index in [9.17, 15) is 9.59 Å². The molecule has 3 N–H and O–H groups in total. The number of hydrogen-bond donors (Lipinski definition) is 2. The smallest absolute Gasteiger partial charge is 0.283 e. The monoisotopic (exact) mass is 359 g/mol. The van der Waals surface area contributed by atoms with Crippen LogP contribution in [0.1, 0.15) is 12.8 Å². The standard InChI is InChI=1S/C14H15Cl2N3O2S/c15-9-5-10(16)7-11(6-9)18-13(21)14(22)19-3-1-8(2-4-19)12(17)20/h5-8H,1-4H2,(H2,17,20)(H,18,21). The van der Waals surface area contributed by atoms with Gasteiger partial charge in [-0.3, -0.25) is 9.59 Å². The molecular formula is C14H15Cl2N3O2S. The molecule has 2 amide bonds. The Bertz CT molecular complexity index is 596. The predicted octanol–water partition coefficient (Wildman–Crippen LogP) is 2.46. The number of rotatable bonds is 2. The summed E-state index contributed by atoms with van der Waals surface area (Å²) >= 11 is 17.0. The largest absolute Gasteiger partial charge is 0.369 e. The number of thiocarbonyl (C=S) groups is 1. The number of carbonyl (C=O) groups is 2. The van der Waals surface area contributed by atoms with E-state index in [1.54, 1.807) is 23.1 Å². The van der Waals surface area contributed by atoms with Gasteiger partial charge in [0.15, 0.2) is 4.99 Å². The van der Waals surface area contributed by atoms with Gasteiger partial charge in [-0.05, 0) is 31.0 Å². The van der Waals surface area contributed by atoms with Crippen molar-refractivity contribution in [1.29, 1.82) is 0 Å². The van der Waals surface area contributed by atoms with E-state index in [0.717, 1.165) is 0 Å². The molecule has 5 nitrogen and oxygen atoms in total. The Balaban J connectivity index is 1.95. The maximum absolute atomic E-state index is 12.2. The third-order valence-corrected chi connectivity index (χ3v) is 4.38. The second-order valence-electron chi connectivity index (χ2n) is 5.08. The second-order valence-corrected chi connectivity index (χ2v) is 6.34. The molecule has 1 aromatic carbocycles. The molecule has 0 saturated carbocycles. The van der Waals surface area contributed by atoms with Gasteiger partial charge in [0.1, 0.15) is 0 Å². The van der Waals surface area contributed by atoms with Gasteiger partial charge in [0.05, 0.1) is 0 Å². The molecule has 1 aromatic rings. The Labute approximate surface area is 143 Å². The van der Waals surface area contributed by atoms with Gasteiger partial charge in [-0.2, -0.15) is 0 Å². The zero-order valence-corrected chi connectivity index (χ0v) is 14.0. The van der Waals surface area contributed by atoms with Crippen molar-refractivity contribution in [2.75, 3.05) is 18.4 Å². The summed E-state index contributed by atoms with van der Waals surface area (Å²) in [6, 6.07) is 4.76. The van der Waals surface area contributed by atoms with Gasteiger partial charge in [-0.25, -0.2) is 0 Å². The molecule has 0 atom stereocenters. The highest BCUT2D eigenvalue weighted by molar-refractivity contribution is 7.82. The molecular weight excluding hydrogens is 345 g/mol. The van der Waals surface area contributed by atoms with Crippen LogP contribution in [0.3, 0.4) is 0 Å². The topological polar surface area (TPSA) is 75.4 Å². The summed E-state index contributed by atoms with van der Waals surface area (Å²) in [4.78, 5) is 25.3. The van der Waals surface area contributed by atoms with Crippen molar-refractivity contribution >= 4 is 57.9 Å². The Morgan fingerprint density at radius 2 is 1.73 bits per heavy atom. The normalized spacial score (nSPS) is 15.5. The van der Waals surface area contributed by atoms with E-state index in [-0.39, 0.29) is 16.8 Å². The number of nitrogens with two attached hydrogens (primary N) is 1. The van der Waals surface area contributed by atoms with Gasteiger partial charge in [0.25, 0.3) is 5.91 Å². The molecule has 1 heterocycles. The van der Waals surface area contributed by atoms with Crippen LogP contribution in [0.15, 0.2) is 18.2 Å². The lowest BCUT2D eigenvalue weighted by Crippen LogP contribution is -2.45. The summed E-state index contributed by atoms with van der Waals surface area (Å²) in [6.07, 6.45) is 1.21. The summed E-state index contributed by atoms with van der Waals surface area (Å²) in [5, 5.41) is 3.53. The number of carbonyl (C=O) groups excluding carboxylic acids is 2. The number of primary amides is 1. The molecule has 0 bridgehead atoms. The second kappa shape index (κ2) is 7.26. The van der Waals surface area contributed by atoms with Gasteiger partial charge in [-0.15, -0.1) is 0 Å². The van der Waals surface area contributed by atoms with Crippen LogP contribution in [0.5, 0.6) is 0 Å². The lowest BCUT2D eigenvalue weighted by Gasteiger charge is -2.31. The highest BCUT2D eigenvalue weighted by atomic mass is 35.5. The van der Waals surface area contributed by atoms with Crippen molar-refractivity contribution < 1.29 is 9.59 Å². The molecule has 1 saturated heterocycles. The van der Waals surface area contributed by atoms with E-state index in [4.69, 9.17) is 41.2 Å². The minimum absolute atomic E-state index is 0.145. The number of nitrogens with one attached hydrogen (secondary N) is 1. The number of halogens is 2. The van der Waals surface area contributed by atoms with Gasteiger partial charge in [0, 0.05) is 34.7 Å². The number of amides is 2. The maximum Gasteiger partial charge on any atom is 0.283 e. The molecule has 0 unspecified atom stereocenters. The number of benzene rings is 1. The third kappa shape index (κ3) is 4.32. The summed E-state index contributed by atoms with van der Waals surface area (Å²) in [6.45, 7) is 1.08. The summed E-state index contributed by atoms with van der Waals surface area (Å²) < 4.78 is 0. The quantitative estimate of drug-likeness (QED) is 0.795.